The van der Waals surface area contributed by atoms with Gasteiger partial charge in [0.05, 0.1) is 15.9 Å². The average molecular weight is 770 g/mol. The van der Waals surface area contributed by atoms with Crippen LogP contribution in [-0.2, 0) is 36.8 Å². The summed E-state index contributed by atoms with van der Waals surface area (Å²) in [6, 6.07) is 43.0. The normalized spacial score (nSPS) is 17.7. The Labute approximate surface area is 334 Å². The lowest BCUT2D eigenvalue weighted by atomic mass is 9.64. The van der Waals surface area contributed by atoms with Crippen LogP contribution in [0.4, 0.5) is 4.79 Å². The predicted octanol–water partition coefficient (Wildman–Crippen LogP) is 8.46. The Morgan fingerprint density at radius 2 is 1.39 bits per heavy atom. The van der Waals surface area contributed by atoms with Crippen molar-refractivity contribution < 1.29 is 23.9 Å². The molecule has 1 aliphatic rings. The Balaban J connectivity index is 1.43. The maximum absolute atomic E-state index is 15.5. The molecular weight excluding hydrogens is 719 g/mol. The number of aryl methyl sites for hydroxylation is 1. The van der Waals surface area contributed by atoms with Crippen LogP contribution < -0.4 is 10.6 Å². The van der Waals surface area contributed by atoms with Crippen molar-refractivity contribution in [3.8, 4) is 0 Å². The zero-order valence-electron chi connectivity index (χ0n) is 32.6. The van der Waals surface area contributed by atoms with E-state index in [4.69, 9.17) is 9.47 Å². The molecule has 0 saturated carbocycles. The zero-order valence-corrected chi connectivity index (χ0v) is 33.4. The molecule has 6 rings (SSSR count). The van der Waals surface area contributed by atoms with Crippen LogP contribution >= 0.6 is 11.8 Å². The third-order valence-electron chi connectivity index (χ3n) is 10.4. The minimum Gasteiger partial charge on any atom is -0.459 e. The van der Waals surface area contributed by atoms with E-state index in [1.54, 1.807) is 38.7 Å². The van der Waals surface area contributed by atoms with Crippen molar-refractivity contribution in [2.24, 2.45) is 11.3 Å². The fraction of sp³-hybridized carbons (Fsp3) is 0.319. The van der Waals surface area contributed by atoms with Crippen LogP contribution in [0.3, 0.4) is 0 Å². The predicted molar refractivity (Wildman–Crippen MR) is 222 cm³/mol. The summed E-state index contributed by atoms with van der Waals surface area (Å²) >= 11 is 1.58. The minimum absolute atomic E-state index is 0.0211. The number of Topliss-reactive ketones (excluding diaryl/α,β-unsaturated/α-hetero) is 1. The molecule has 1 amide bonds. The number of nitrogens with one attached hydrogen (secondary N) is 2. The van der Waals surface area contributed by atoms with Crippen molar-refractivity contribution >= 4 is 29.6 Å². The summed E-state index contributed by atoms with van der Waals surface area (Å²) in [4.78, 5) is 48.2. The first-order valence-corrected chi connectivity index (χ1v) is 20.2. The molecule has 2 unspecified atom stereocenters. The second-order valence-corrected chi connectivity index (χ2v) is 16.6. The number of thioether (sulfide) groups is 1. The van der Waals surface area contributed by atoms with Crippen molar-refractivity contribution in [3.05, 3.63) is 173 Å². The highest BCUT2D eigenvalue weighted by Crippen LogP contribution is 2.49. The number of ether oxygens (including phenoxy) is 2. The first-order chi connectivity index (χ1) is 27.0. The Bertz CT molecular complexity index is 1960. The summed E-state index contributed by atoms with van der Waals surface area (Å²) in [6.45, 7) is 8.12. The molecule has 290 valence electrons. The molecule has 0 bridgehead atoms. The Hall–Kier alpha value is -5.25. The van der Waals surface area contributed by atoms with E-state index in [1.807, 2.05) is 104 Å². The van der Waals surface area contributed by atoms with Crippen molar-refractivity contribution in [3.63, 3.8) is 0 Å². The monoisotopic (exact) mass is 769 g/mol. The van der Waals surface area contributed by atoms with Crippen LogP contribution in [0.1, 0.15) is 60.7 Å². The number of alkyl carbamates (subject to hydrolysis) is 1. The molecule has 2 heterocycles. The van der Waals surface area contributed by atoms with Crippen molar-refractivity contribution in [1.82, 2.24) is 15.6 Å². The molecule has 4 aromatic carbocycles. The van der Waals surface area contributed by atoms with E-state index in [0.717, 1.165) is 27.8 Å². The molecular formula is C47H51N3O5S. The molecule has 56 heavy (non-hydrogen) atoms. The highest BCUT2D eigenvalue weighted by molar-refractivity contribution is 8.00. The van der Waals surface area contributed by atoms with Crippen molar-refractivity contribution in [1.29, 1.82) is 0 Å². The number of carbonyl (C=O) groups is 3. The summed E-state index contributed by atoms with van der Waals surface area (Å²) in [6.07, 6.45) is 1.63. The zero-order chi connectivity index (χ0) is 39.6. The summed E-state index contributed by atoms with van der Waals surface area (Å²) in [5.41, 5.74) is 3.64. The quantitative estimate of drug-likeness (QED) is 0.0857. The molecule has 0 spiro atoms. The van der Waals surface area contributed by atoms with Gasteiger partial charge in [0.2, 0.25) is 0 Å². The number of pyridine rings is 1. The van der Waals surface area contributed by atoms with Gasteiger partial charge < -0.3 is 20.1 Å². The van der Waals surface area contributed by atoms with Crippen LogP contribution in [0.25, 0.3) is 0 Å². The Kier molecular flexibility index (Phi) is 13.1. The molecule has 2 N–H and O–H groups in total. The largest absolute Gasteiger partial charge is 0.459 e. The van der Waals surface area contributed by atoms with Gasteiger partial charge >= 0.3 is 12.1 Å². The highest BCUT2D eigenvalue weighted by Gasteiger charge is 2.53. The molecule has 0 aliphatic carbocycles. The van der Waals surface area contributed by atoms with Gasteiger partial charge in [-0.15, -0.1) is 11.8 Å². The number of amides is 1. The van der Waals surface area contributed by atoms with Gasteiger partial charge in [0.1, 0.15) is 18.2 Å². The van der Waals surface area contributed by atoms with Crippen LogP contribution in [-0.4, -0.2) is 53.3 Å². The fourth-order valence-electron chi connectivity index (χ4n) is 7.61. The van der Waals surface area contributed by atoms with Crippen molar-refractivity contribution in [2.75, 3.05) is 18.8 Å². The first kappa shape index (κ1) is 40.4. The second-order valence-electron chi connectivity index (χ2n) is 15.4. The number of nitrogens with zero attached hydrogens (tertiary/aromatic N) is 1. The van der Waals surface area contributed by atoms with Gasteiger partial charge in [-0.3, -0.25) is 14.6 Å². The lowest BCUT2D eigenvalue weighted by Gasteiger charge is -2.43. The average Bonchev–Trinajstić information content (AvgIpc) is 3.21. The molecule has 0 radical (unpaired) electrons. The van der Waals surface area contributed by atoms with Gasteiger partial charge in [-0.2, -0.15) is 0 Å². The molecule has 1 fully saturated rings. The van der Waals surface area contributed by atoms with E-state index in [9.17, 15) is 9.59 Å². The van der Waals surface area contributed by atoms with E-state index < -0.39 is 39.8 Å². The number of piperidine rings is 1. The van der Waals surface area contributed by atoms with E-state index in [-0.39, 0.29) is 24.7 Å². The Morgan fingerprint density at radius 3 is 1.95 bits per heavy atom. The van der Waals surface area contributed by atoms with E-state index in [2.05, 4.69) is 52.0 Å². The maximum atomic E-state index is 15.5. The standard InChI is InChI=1S/C47H51N3O5S/c1-34-18-14-15-19-35(34)30-46(43(52)54-32-39-26-16-17-28-49-39)27-29-48-31-40(46)42(51)41(50-44(53)55-45(2,3)4)33-56-47(36-20-8-5-9-21-36,37-22-10-6-11-23-37)38-24-12-7-13-25-38/h5-26,28,40-41,48H,27,29-33H2,1-4H3,(H,50,53)/t40?,41-,46?/m0/s1. The third-order valence-corrected chi connectivity index (χ3v) is 12.0. The summed E-state index contributed by atoms with van der Waals surface area (Å²) in [5, 5.41) is 6.39. The number of ketones is 1. The minimum atomic E-state index is -1.23. The maximum Gasteiger partial charge on any atom is 0.408 e. The second kappa shape index (κ2) is 18.1. The van der Waals surface area contributed by atoms with Gasteiger partial charge in [0.15, 0.2) is 5.78 Å². The van der Waals surface area contributed by atoms with Gasteiger partial charge in [-0.1, -0.05) is 121 Å². The number of aromatic nitrogens is 1. The molecule has 9 heteroatoms. The summed E-state index contributed by atoms with van der Waals surface area (Å²) < 4.78 is 11.1. The van der Waals surface area contributed by atoms with Crippen LogP contribution in [0.2, 0.25) is 0 Å². The van der Waals surface area contributed by atoms with E-state index in [1.165, 1.54) is 0 Å². The fourth-order valence-corrected chi connectivity index (χ4v) is 9.18. The molecule has 5 aromatic rings. The lowest BCUT2D eigenvalue weighted by molar-refractivity contribution is -0.166. The number of esters is 1. The Morgan fingerprint density at radius 1 is 0.821 bits per heavy atom. The van der Waals surface area contributed by atoms with E-state index in [0.29, 0.717) is 25.1 Å². The van der Waals surface area contributed by atoms with Gasteiger partial charge in [-0.05, 0) is 87.0 Å². The highest BCUT2D eigenvalue weighted by atomic mass is 32.2. The van der Waals surface area contributed by atoms with Gasteiger partial charge in [0.25, 0.3) is 0 Å². The first-order valence-electron chi connectivity index (χ1n) is 19.2. The number of benzene rings is 4. The molecule has 3 atom stereocenters. The number of carbonyl (C=O) groups excluding carboxylic acids is 3. The topological polar surface area (TPSA) is 107 Å². The lowest BCUT2D eigenvalue weighted by Crippen LogP contribution is -2.59. The van der Waals surface area contributed by atoms with Crippen LogP contribution in [0.15, 0.2) is 140 Å². The van der Waals surface area contributed by atoms with E-state index >= 15 is 4.79 Å². The molecule has 1 saturated heterocycles. The number of rotatable bonds is 14. The van der Waals surface area contributed by atoms with Crippen LogP contribution in [0.5, 0.6) is 0 Å². The third kappa shape index (κ3) is 9.40. The number of hydrogen-bond acceptors (Lipinski definition) is 8. The molecule has 1 aliphatic heterocycles. The molecule has 8 nitrogen and oxygen atoms in total. The van der Waals surface area contributed by atoms with Gasteiger partial charge in [0, 0.05) is 24.4 Å². The summed E-state index contributed by atoms with van der Waals surface area (Å²) in [7, 11) is 0. The smallest absolute Gasteiger partial charge is 0.408 e. The molecule has 1 aromatic heterocycles. The van der Waals surface area contributed by atoms with Gasteiger partial charge in [-0.25, -0.2) is 4.79 Å². The number of hydrogen-bond donors (Lipinski definition) is 2. The van der Waals surface area contributed by atoms with Crippen molar-refractivity contribution in [2.45, 2.75) is 63.5 Å². The van der Waals surface area contributed by atoms with Crippen LogP contribution in [0, 0.1) is 18.3 Å². The summed E-state index contributed by atoms with van der Waals surface area (Å²) in [5.74, 6) is -1.38. The SMILES string of the molecule is Cc1ccccc1CC1(C(=O)OCc2ccccn2)CCNCC1C(=O)[C@H](CSC(c1ccccc1)(c1ccccc1)c1ccccc1)NC(=O)OC(C)(C)C.